The number of carbonyl (C=O) groups is 2. The average molecular weight is 267 g/mol. The predicted molar refractivity (Wildman–Crippen MR) is 71.0 cm³/mol. The first-order chi connectivity index (χ1) is 8.86. The molecule has 3 atom stereocenters. The van der Waals surface area contributed by atoms with Crippen LogP contribution in [0.25, 0.3) is 0 Å². The number of β-lactam (4-membered cyclic amide) rings is 1. The number of hydrogen-bond donors (Lipinski definition) is 1. The fourth-order valence-electron chi connectivity index (χ4n) is 2.43. The Balaban J connectivity index is 3.11. The Bertz CT molecular complexity index is 421. The molecule has 106 valence electrons. The van der Waals surface area contributed by atoms with Gasteiger partial charge in [-0.25, -0.2) is 4.79 Å². The van der Waals surface area contributed by atoms with Crippen molar-refractivity contribution in [2.75, 3.05) is 7.11 Å². The van der Waals surface area contributed by atoms with Gasteiger partial charge in [-0.3, -0.25) is 4.79 Å². The summed E-state index contributed by atoms with van der Waals surface area (Å²) in [6.45, 7) is 8.73. The molecule has 1 aliphatic heterocycles. The number of carbonyl (C=O) groups excluding carboxylic acids is 2. The summed E-state index contributed by atoms with van der Waals surface area (Å²) in [5, 5.41) is 9.66. The Morgan fingerprint density at radius 2 is 2.16 bits per heavy atom. The van der Waals surface area contributed by atoms with Crippen LogP contribution in [0.4, 0.5) is 0 Å². The first-order valence-electron chi connectivity index (χ1n) is 6.24. The van der Waals surface area contributed by atoms with Crippen LogP contribution in [0.3, 0.4) is 0 Å². The van der Waals surface area contributed by atoms with Gasteiger partial charge in [0.2, 0.25) is 5.91 Å². The van der Waals surface area contributed by atoms with E-state index in [9.17, 15) is 14.7 Å². The number of likely N-dealkylation sites (tertiary alicyclic amines) is 1. The van der Waals surface area contributed by atoms with Gasteiger partial charge in [-0.1, -0.05) is 6.08 Å². The van der Waals surface area contributed by atoms with Crippen molar-refractivity contribution in [2.45, 2.75) is 39.3 Å². The molecule has 0 aromatic heterocycles. The maximum atomic E-state index is 12.1. The largest absolute Gasteiger partial charge is 0.464 e. The van der Waals surface area contributed by atoms with Crippen molar-refractivity contribution in [3.8, 4) is 0 Å². The van der Waals surface area contributed by atoms with Crippen molar-refractivity contribution in [1.82, 2.24) is 4.90 Å². The number of nitrogens with zero attached hydrogens (tertiary/aromatic N) is 1. The lowest BCUT2D eigenvalue weighted by Crippen LogP contribution is -2.64. The Hall–Kier alpha value is -1.62. The maximum Gasteiger partial charge on any atom is 0.354 e. The molecule has 0 unspecified atom stereocenters. The minimum absolute atomic E-state index is 0.242. The van der Waals surface area contributed by atoms with Gasteiger partial charge >= 0.3 is 5.97 Å². The molecule has 0 spiro atoms. The molecule has 1 N–H and O–H groups in total. The molecular formula is C14H21NO4. The van der Waals surface area contributed by atoms with Gasteiger partial charge in [0.15, 0.2) is 0 Å². The van der Waals surface area contributed by atoms with E-state index in [1.165, 1.54) is 12.0 Å². The van der Waals surface area contributed by atoms with Crippen molar-refractivity contribution in [1.29, 1.82) is 0 Å². The number of aliphatic hydroxyl groups excluding tert-OH is 1. The minimum Gasteiger partial charge on any atom is -0.464 e. The lowest BCUT2D eigenvalue weighted by atomic mass is 9.80. The Labute approximate surface area is 113 Å². The molecular weight excluding hydrogens is 246 g/mol. The van der Waals surface area contributed by atoms with Crippen molar-refractivity contribution in [3.63, 3.8) is 0 Å². The van der Waals surface area contributed by atoms with Crippen LogP contribution in [0.15, 0.2) is 23.9 Å². The molecule has 0 radical (unpaired) electrons. The predicted octanol–water partition coefficient (Wildman–Crippen LogP) is 1.24. The van der Waals surface area contributed by atoms with Crippen molar-refractivity contribution in [3.05, 3.63) is 23.9 Å². The number of methoxy groups -OCH3 is 1. The number of aliphatic hydroxyl groups is 1. The van der Waals surface area contributed by atoms with Gasteiger partial charge in [-0.05, 0) is 32.8 Å². The minimum atomic E-state index is -0.746. The summed E-state index contributed by atoms with van der Waals surface area (Å²) in [6.07, 6.45) is 1.46. The Morgan fingerprint density at radius 3 is 2.53 bits per heavy atom. The van der Waals surface area contributed by atoms with Crippen LogP contribution in [0.1, 0.15) is 27.2 Å². The van der Waals surface area contributed by atoms with Crippen molar-refractivity contribution >= 4 is 11.9 Å². The van der Waals surface area contributed by atoms with Gasteiger partial charge in [0.1, 0.15) is 5.70 Å². The van der Waals surface area contributed by atoms with E-state index >= 15 is 0 Å². The number of hydrogen-bond acceptors (Lipinski definition) is 4. The van der Waals surface area contributed by atoms with Crippen LogP contribution in [-0.4, -0.2) is 41.1 Å². The normalized spacial score (nSPS) is 23.4. The molecule has 0 aliphatic carbocycles. The Kier molecular flexibility index (Phi) is 4.89. The zero-order valence-corrected chi connectivity index (χ0v) is 11.8. The maximum absolute atomic E-state index is 12.1. The lowest BCUT2D eigenvalue weighted by Gasteiger charge is -2.48. The monoisotopic (exact) mass is 267 g/mol. The number of amides is 1. The van der Waals surface area contributed by atoms with Crippen molar-refractivity contribution < 1.29 is 19.4 Å². The van der Waals surface area contributed by atoms with Crippen LogP contribution in [0.5, 0.6) is 0 Å². The molecule has 5 nitrogen and oxygen atoms in total. The third kappa shape index (κ3) is 2.71. The molecule has 0 saturated carbocycles. The van der Waals surface area contributed by atoms with Gasteiger partial charge in [0.05, 0.1) is 25.2 Å². The van der Waals surface area contributed by atoms with Crippen LogP contribution >= 0.6 is 0 Å². The summed E-state index contributed by atoms with van der Waals surface area (Å²) in [4.78, 5) is 25.4. The molecule has 1 amide bonds. The number of allylic oxidation sites excluding steroid dienone is 1. The second-order valence-electron chi connectivity index (χ2n) is 4.91. The second kappa shape index (κ2) is 6.02. The summed E-state index contributed by atoms with van der Waals surface area (Å²) >= 11 is 0. The van der Waals surface area contributed by atoms with Gasteiger partial charge in [-0.2, -0.15) is 0 Å². The molecule has 5 heteroatoms. The van der Waals surface area contributed by atoms with Crippen molar-refractivity contribution in [2.24, 2.45) is 5.92 Å². The van der Waals surface area contributed by atoms with E-state index in [0.29, 0.717) is 12.0 Å². The smallest absolute Gasteiger partial charge is 0.354 e. The summed E-state index contributed by atoms with van der Waals surface area (Å²) < 4.78 is 4.72. The summed E-state index contributed by atoms with van der Waals surface area (Å²) in [6, 6.07) is -0.242. The quantitative estimate of drug-likeness (QED) is 0.352. The number of rotatable bonds is 5. The van der Waals surface area contributed by atoms with Crippen LogP contribution in [-0.2, 0) is 14.3 Å². The molecule has 0 aromatic carbocycles. The topological polar surface area (TPSA) is 66.8 Å². The van der Waals surface area contributed by atoms with E-state index in [2.05, 4.69) is 6.58 Å². The van der Waals surface area contributed by atoms with Crippen LogP contribution < -0.4 is 0 Å². The zero-order valence-electron chi connectivity index (χ0n) is 11.8. The summed E-state index contributed by atoms with van der Waals surface area (Å²) in [5.41, 5.74) is 0.967. The molecule has 1 rings (SSSR count). The van der Waals surface area contributed by atoms with E-state index in [1.54, 1.807) is 26.8 Å². The summed E-state index contributed by atoms with van der Waals surface area (Å²) in [5.74, 6) is -1.27. The molecule has 19 heavy (non-hydrogen) atoms. The molecule has 1 saturated heterocycles. The molecule has 1 heterocycles. The fraction of sp³-hybridized carbons (Fsp3) is 0.571. The first-order valence-corrected chi connectivity index (χ1v) is 6.24. The number of esters is 1. The Morgan fingerprint density at radius 1 is 1.58 bits per heavy atom. The van der Waals surface area contributed by atoms with E-state index in [1.807, 2.05) is 0 Å². The SMILES string of the molecule is C=CC[C@@H]1[C@@H]([C@H](C)O)C(=O)N1C(C(=O)OC)=C(C)C. The fourth-order valence-corrected chi connectivity index (χ4v) is 2.43. The van der Waals surface area contributed by atoms with Gasteiger partial charge in [0, 0.05) is 0 Å². The third-order valence-corrected chi connectivity index (χ3v) is 3.29. The zero-order chi connectivity index (χ0) is 14.7. The standard InChI is InChI=1S/C14H21NO4/c1-6-7-10-11(9(4)16)13(17)15(10)12(8(2)3)14(18)19-5/h6,9-11,16H,1,7H2,2-5H3/t9-,10+,11+/m0/s1. The highest BCUT2D eigenvalue weighted by Gasteiger charge is 2.51. The second-order valence-corrected chi connectivity index (χ2v) is 4.91. The van der Waals surface area contributed by atoms with Crippen LogP contribution in [0, 0.1) is 5.92 Å². The van der Waals surface area contributed by atoms with E-state index in [-0.39, 0.29) is 17.6 Å². The van der Waals surface area contributed by atoms with Gasteiger partial charge in [-0.15, -0.1) is 6.58 Å². The number of ether oxygens (including phenoxy) is 1. The lowest BCUT2D eigenvalue weighted by molar-refractivity contribution is -0.164. The highest BCUT2D eigenvalue weighted by atomic mass is 16.5. The first kappa shape index (κ1) is 15.4. The molecule has 1 fully saturated rings. The molecule has 1 aliphatic rings. The van der Waals surface area contributed by atoms with E-state index < -0.39 is 18.0 Å². The highest BCUT2D eigenvalue weighted by Crippen LogP contribution is 2.36. The average Bonchev–Trinajstić information content (AvgIpc) is 2.33. The van der Waals surface area contributed by atoms with Crippen LogP contribution in [0.2, 0.25) is 0 Å². The van der Waals surface area contributed by atoms with Gasteiger partial charge < -0.3 is 14.7 Å². The van der Waals surface area contributed by atoms with E-state index in [4.69, 9.17) is 4.74 Å². The molecule has 0 aromatic rings. The molecule has 0 bridgehead atoms. The third-order valence-electron chi connectivity index (χ3n) is 3.29. The highest BCUT2D eigenvalue weighted by molar-refractivity contribution is 5.98. The van der Waals surface area contributed by atoms with E-state index in [0.717, 1.165) is 0 Å². The summed E-state index contributed by atoms with van der Waals surface area (Å²) in [7, 11) is 1.28. The van der Waals surface area contributed by atoms with Gasteiger partial charge in [0.25, 0.3) is 0 Å².